The summed E-state index contributed by atoms with van der Waals surface area (Å²) in [4.78, 5) is 14.2. The Morgan fingerprint density at radius 1 is 1.40 bits per heavy atom. The van der Waals surface area contributed by atoms with Gasteiger partial charge in [0, 0.05) is 0 Å². The Hall–Kier alpha value is -1.33. The Labute approximate surface area is 121 Å². The van der Waals surface area contributed by atoms with Crippen molar-refractivity contribution < 1.29 is 9.21 Å². The average Bonchev–Trinajstić information content (AvgIpc) is 2.98. The smallest absolute Gasteiger partial charge is 0.237 e. The van der Waals surface area contributed by atoms with E-state index in [0.29, 0.717) is 6.54 Å². The van der Waals surface area contributed by atoms with E-state index in [0.717, 1.165) is 38.4 Å². The van der Waals surface area contributed by atoms with Crippen LogP contribution in [0.5, 0.6) is 0 Å². The summed E-state index contributed by atoms with van der Waals surface area (Å²) >= 11 is 0. The van der Waals surface area contributed by atoms with Gasteiger partial charge in [0.2, 0.25) is 5.91 Å². The zero-order chi connectivity index (χ0) is 14.8. The molecule has 1 unspecified atom stereocenters. The van der Waals surface area contributed by atoms with Gasteiger partial charge in [-0.3, -0.25) is 4.79 Å². The molecule has 1 amide bonds. The van der Waals surface area contributed by atoms with Gasteiger partial charge < -0.3 is 20.0 Å². The van der Waals surface area contributed by atoms with E-state index in [1.165, 1.54) is 0 Å². The van der Waals surface area contributed by atoms with Gasteiger partial charge >= 0.3 is 0 Å². The van der Waals surface area contributed by atoms with Crippen LogP contribution in [0.15, 0.2) is 22.8 Å². The van der Waals surface area contributed by atoms with Crippen LogP contribution in [0.4, 0.5) is 0 Å². The van der Waals surface area contributed by atoms with Gasteiger partial charge in [0.15, 0.2) is 0 Å². The highest BCUT2D eigenvalue weighted by Crippen LogP contribution is 1.98. The zero-order valence-corrected chi connectivity index (χ0v) is 12.8. The molecule has 0 fully saturated rings. The molecule has 5 heteroatoms. The van der Waals surface area contributed by atoms with E-state index < -0.39 is 0 Å². The van der Waals surface area contributed by atoms with Gasteiger partial charge in [0.05, 0.1) is 18.8 Å². The molecule has 1 aromatic rings. The fourth-order valence-electron chi connectivity index (χ4n) is 1.99. The number of amides is 1. The summed E-state index contributed by atoms with van der Waals surface area (Å²) in [7, 11) is 0. The van der Waals surface area contributed by atoms with Gasteiger partial charge in [-0.25, -0.2) is 0 Å². The molecule has 0 spiro atoms. The topological polar surface area (TPSA) is 57.5 Å². The molecule has 0 saturated heterocycles. The highest BCUT2D eigenvalue weighted by Gasteiger charge is 2.11. The van der Waals surface area contributed by atoms with E-state index in [1.807, 2.05) is 19.1 Å². The Kier molecular flexibility index (Phi) is 7.99. The SMILES string of the molecule is CCN(CC)CCCNC(C)C(=O)NCc1ccco1. The summed E-state index contributed by atoms with van der Waals surface area (Å²) in [5, 5.41) is 6.10. The van der Waals surface area contributed by atoms with E-state index in [9.17, 15) is 4.79 Å². The minimum Gasteiger partial charge on any atom is -0.467 e. The Morgan fingerprint density at radius 2 is 2.15 bits per heavy atom. The summed E-state index contributed by atoms with van der Waals surface area (Å²) in [6.07, 6.45) is 2.66. The average molecular weight is 281 g/mol. The summed E-state index contributed by atoms with van der Waals surface area (Å²) in [5.41, 5.74) is 0. The maximum Gasteiger partial charge on any atom is 0.237 e. The minimum atomic E-state index is -0.179. The van der Waals surface area contributed by atoms with Crippen molar-refractivity contribution >= 4 is 5.91 Å². The molecule has 1 rings (SSSR count). The van der Waals surface area contributed by atoms with Crippen LogP contribution in [0, 0.1) is 0 Å². The van der Waals surface area contributed by atoms with Crippen LogP contribution in [0.1, 0.15) is 33.0 Å². The maximum atomic E-state index is 11.9. The molecule has 0 aromatic carbocycles. The lowest BCUT2D eigenvalue weighted by atomic mass is 10.3. The van der Waals surface area contributed by atoms with E-state index in [1.54, 1.807) is 6.26 Å². The van der Waals surface area contributed by atoms with Crippen LogP contribution < -0.4 is 10.6 Å². The molecule has 1 heterocycles. The third kappa shape index (κ3) is 6.21. The van der Waals surface area contributed by atoms with Gasteiger partial charge in [-0.05, 0) is 51.7 Å². The molecule has 114 valence electrons. The second-order valence-electron chi connectivity index (χ2n) is 4.85. The van der Waals surface area contributed by atoms with Crippen molar-refractivity contribution in [3.05, 3.63) is 24.2 Å². The normalized spacial score (nSPS) is 12.6. The van der Waals surface area contributed by atoms with Crippen LogP contribution in [0.25, 0.3) is 0 Å². The lowest BCUT2D eigenvalue weighted by molar-refractivity contribution is -0.123. The quantitative estimate of drug-likeness (QED) is 0.640. The second kappa shape index (κ2) is 9.55. The molecule has 1 atom stereocenters. The number of rotatable bonds is 10. The lowest BCUT2D eigenvalue weighted by Gasteiger charge is -2.19. The largest absolute Gasteiger partial charge is 0.467 e. The predicted molar refractivity (Wildman–Crippen MR) is 80.4 cm³/mol. The van der Waals surface area contributed by atoms with Crippen molar-refractivity contribution in [3.8, 4) is 0 Å². The third-order valence-corrected chi connectivity index (χ3v) is 3.41. The molecular formula is C15H27N3O2. The van der Waals surface area contributed by atoms with Gasteiger partial charge in [-0.2, -0.15) is 0 Å². The number of nitrogens with zero attached hydrogens (tertiary/aromatic N) is 1. The number of carbonyl (C=O) groups excluding carboxylic acids is 1. The van der Waals surface area contributed by atoms with E-state index in [4.69, 9.17) is 4.42 Å². The molecule has 5 nitrogen and oxygen atoms in total. The first-order valence-corrected chi connectivity index (χ1v) is 7.43. The first-order chi connectivity index (χ1) is 9.67. The fraction of sp³-hybridized carbons (Fsp3) is 0.667. The third-order valence-electron chi connectivity index (χ3n) is 3.41. The van der Waals surface area contributed by atoms with E-state index in [-0.39, 0.29) is 11.9 Å². The van der Waals surface area contributed by atoms with Crippen LogP contribution in [0.2, 0.25) is 0 Å². The predicted octanol–water partition coefficient (Wildman–Crippen LogP) is 1.61. The number of hydrogen-bond acceptors (Lipinski definition) is 4. The van der Waals surface area contributed by atoms with Crippen molar-refractivity contribution in [1.82, 2.24) is 15.5 Å². The number of furan rings is 1. The van der Waals surface area contributed by atoms with Crippen molar-refractivity contribution in [2.45, 2.75) is 39.8 Å². The molecule has 0 aliphatic heterocycles. The minimum absolute atomic E-state index is 0.00393. The highest BCUT2D eigenvalue weighted by molar-refractivity contribution is 5.81. The van der Waals surface area contributed by atoms with E-state index >= 15 is 0 Å². The molecule has 20 heavy (non-hydrogen) atoms. The molecule has 2 N–H and O–H groups in total. The van der Waals surface area contributed by atoms with Gasteiger partial charge in [0.25, 0.3) is 0 Å². The Morgan fingerprint density at radius 3 is 2.75 bits per heavy atom. The van der Waals surface area contributed by atoms with Crippen LogP contribution in [0.3, 0.4) is 0 Å². The fourth-order valence-corrected chi connectivity index (χ4v) is 1.99. The summed E-state index contributed by atoms with van der Waals surface area (Å²) in [6, 6.07) is 3.49. The van der Waals surface area contributed by atoms with Crippen LogP contribution in [-0.2, 0) is 11.3 Å². The van der Waals surface area contributed by atoms with Gasteiger partial charge in [-0.1, -0.05) is 13.8 Å². The first-order valence-electron chi connectivity index (χ1n) is 7.43. The number of carbonyl (C=O) groups is 1. The molecule has 0 saturated carbocycles. The molecule has 0 aliphatic rings. The number of nitrogens with one attached hydrogen (secondary N) is 2. The van der Waals surface area contributed by atoms with Crippen molar-refractivity contribution in [3.63, 3.8) is 0 Å². The molecule has 0 aliphatic carbocycles. The first kappa shape index (κ1) is 16.7. The highest BCUT2D eigenvalue weighted by atomic mass is 16.3. The van der Waals surface area contributed by atoms with E-state index in [2.05, 4.69) is 29.4 Å². The molecule has 0 radical (unpaired) electrons. The second-order valence-corrected chi connectivity index (χ2v) is 4.85. The van der Waals surface area contributed by atoms with Crippen molar-refractivity contribution in [2.24, 2.45) is 0 Å². The zero-order valence-electron chi connectivity index (χ0n) is 12.8. The van der Waals surface area contributed by atoms with Gasteiger partial charge in [0.1, 0.15) is 5.76 Å². The summed E-state index contributed by atoms with van der Waals surface area (Å²) < 4.78 is 5.17. The van der Waals surface area contributed by atoms with Crippen LogP contribution in [-0.4, -0.2) is 43.0 Å². The Bertz CT molecular complexity index is 361. The standard InChI is InChI=1S/C15H27N3O2/c1-4-18(5-2)10-7-9-16-13(3)15(19)17-12-14-8-6-11-20-14/h6,8,11,13,16H,4-5,7,9-10,12H2,1-3H3,(H,17,19). The van der Waals surface area contributed by atoms with Crippen molar-refractivity contribution in [1.29, 1.82) is 0 Å². The van der Waals surface area contributed by atoms with Crippen molar-refractivity contribution in [2.75, 3.05) is 26.2 Å². The number of hydrogen-bond donors (Lipinski definition) is 2. The summed E-state index contributed by atoms with van der Waals surface area (Å²) in [6.45, 7) is 10.7. The summed E-state index contributed by atoms with van der Waals surface area (Å²) in [5.74, 6) is 0.774. The molecule has 1 aromatic heterocycles. The Balaban J connectivity index is 2.12. The maximum absolute atomic E-state index is 11.9. The molecular weight excluding hydrogens is 254 g/mol. The molecule has 0 bridgehead atoms. The lowest BCUT2D eigenvalue weighted by Crippen LogP contribution is -2.42. The van der Waals surface area contributed by atoms with Crippen LogP contribution >= 0.6 is 0 Å². The monoisotopic (exact) mass is 281 g/mol. The van der Waals surface area contributed by atoms with Gasteiger partial charge in [-0.15, -0.1) is 0 Å².